The first-order valence-corrected chi connectivity index (χ1v) is 8.22. The molecule has 1 aromatic carbocycles. The van der Waals surface area contributed by atoms with Gasteiger partial charge in [-0.25, -0.2) is 9.37 Å². The average molecular weight is 344 g/mol. The Bertz CT molecular complexity index is 924. The van der Waals surface area contributed by atoms with Crippen LogP contribution in [0, 0.1) is 5.82 Å². The first-order valence-electron chi connectivity index (χ1n) is 7.84. The van der Waals surface area contributed by atoms with Crippen molar-refractivity contribution in [3.05, 3.63) is 64.7 Å². The van der Waals surface area contributed by atoms with E-state index in [1.165, 1.54) is 6.07 Å². The highest BCUT2D eigenvalue weighted by molar-refractivity contribution is 6.29. The molecule has 24 heavy (non-hydrogen) atoms. The Labute approximate surface area is 143 Å². The first kappa shape index (κ1) is 15.1. The summed E-state index contributed by atoms with van der Waals surface area (Å²) in [5.74, 6) is -0.384. The first-order chi connectivity index (χ1) is 11.6. The normalized spacial score (nSPS) is 17.6. The molecule has 3 aromatic rings. The second-order valence-electron chi connectivity index (χ2n) is 5.91. The molecule has 3 heterocycles. The summed E-state index contributed by atoms with van der Waals surface area (Å²) in [4.78, 5) is 21.9. The maximum absolute atomic E-state index is 14.1. The molecule has 0 saturated carbocycles. The number of amides is 1. The van der Waals surface area contributed by atoms with Crippen molar-refractivity contribution in [2.24, 2.45) is 0 Å². The van der Waals surface area contributed by atoms with E-state index in [1.807, 2.05) is 0 Å². The fraction of sp³-hybridized carbons (Fsp3) is 0.222. The quantitative estimate of drug-likeness (QED) is 0.704. The van der Waals surface area contributed by atoms with Crippen molar-refractivity contribution in [2.45, 2.75) is 18.9 Å². The lowest BCUT2D eigenvalue weighted by Crippen LogP contribution is -2.30. The lowest BCUT2D eigenvalue weighted by molar-refractivity contribution is 0.0735. The minimum atomic E-state index is -0.269. The molecule has 2 aromatic heterocycles. The van der Waals surface area contributed by atoms with Gasteiger partial charge < -0.3 is 9.88 Å². The van der Waals surface area contributed by atoms with E-state index in [4.69, 9.17) is 11.6 Å². The standard InChI is InChI=1S/C18H15ClFN3O/c19-16-8-7-11-13(10-21-17(11)22-16)18(24)23-9-3-6-15(23)12-4-1-2-5-14(12)20/h1-2,4-5,7-8,10,15H,3,6,9H2,(H,21,22)/t15-/m1/s1. The van der Waals surface area contributed by atoms with Crippen molar-refractivity contribution in [3.63, 3.8) is 0 Å². The van der Waals surface area contributed by atoms with Gasteiger partial charge in [0.05, 0.1) is 11.6 Å². The second-order valence-corrected chi connectivity index (χ2v) is 6.30. The average Bonchev–Trinajstić information content (AvgIpc) is 3.21. The number of likely N-dealkylation sites (tertiary alicyclic amines) is 1. The van der Waals surface area contributed by atoms with Crippen LogP contribution in [0.25, 0.3) is 11.0 Å². The zero-order valence-corrected chi connectivity index (χ0v) is 13.6. The highest BCUT2D eigenvalue weighted by Crippen LogP contribution is 2.35. The van der Waals surface area contributed by atoms with Crippen molar-refractivity contribution in [1.82, 2.24) is 14.9 Å². The zero-order chi connectivity index (χ0) is 16.7. The second kappa shape index (κ2) is 5.91. The molecule has 0 aliphatic carbocycles. The van der Waals surface area contributed by atoms with Crippen LogP contribution in [-0.2, 0) is 0 Å². The van der Waals surface area contributed by atoms with Crippen LogP contribution in [0.3, 0.4) is 0 Å². The number of carbonyl (C=O) groups is 1. The third kappa shape index (κ3) is 2.45. The Morgan fingerprint density at radius 3 is 2.96 bits per heavy atom. The number of nitrogens with one attached hydrogen (secondary N) is 1. The van der Waals surface area contributed by atoms with Crippen LogP contribution in [-0.4, -0.2) is 27.3 Å². The van der Waals surface area contributed by atoms with Crippen LogP contribution in [0.5, 0.6) is 0 Å². The van der Waals surface area contributed by atoms with Gasteiger partial charge in [0, 0.05) is 23.7 Å². The molecule has 0 radical (unpaired) electrons. The van der Waals surface area contributed by atoms with Crippen molar-refractivity contribution in [2.75, 3.05) is 6.54 Å². The molecule has 0 spiro atoms. The Morgan fingerprint density at radius 1 is 1.29 bits per heavy atom. The smallest absolute Gasteiger partial charge is 0.256 e. The number of benzene rings is 1. The summed E-state index contributed by atoms with van der Waals surface area (Å²) < 4.78 is 14.1. The summed E-state index contributed by atoms with van der Waals surface area (Å²) in [5, 5.41) is 1.09. The predicted octanol–water partition coefficient (Wildman–Crippen LogP) is 4.33. The van der Waals surface area contributed by atoms with Gasteiger partial charge in [0.1, 0.15) is 16.6 Å². The monoisotopic (exact) mass is 343 g/mol. The Kier molecular flexibility index (Phi) is 3.73. The fourth-order valence-corrected chi connectivity index (χ4v) is 3.54. The van der Waals surface area contributed by atoms with Gasteiger partial charge in [0.2, 0.25) is 0 Å². The minimum Gasteiger partial charge on any atom is -0.345 e. The molecule has 1 aliphatic rings. The molecule has 1 saturated heterocycles. The number of H-pyrrole nitrogens is 1. The highest BCUT2D eigenvalue weighted by Gasteiger charge is 2.33. The van der Waals surface area contributed by atoms with E-state index in [-0.39, 0.29) is 17.8 Å². The molecule has 0 bridgehead atoms. The van der Waals surface area contributed by atoms with Gasteiger partial charge in [-0.2, -0.15) is 0 Å². The molecule has 0 unspecified atom stereocenters. The van der Waals surface area contributed by atoms with Crippen LogP contribution >= 0.6 is 11.6 Å². The molecule has 1 aliphatic heterocycles. The van der Waals surface area contributed by atoms with E-state index in [9.17, 15) is 9.18 Å². The molecular formula is C18H15ClFN3O. The lowest BCUT2D eigenvalue weighted by Gasteiger charge is -2.25. The summed E-state index contributed by atoms with van der Waals surface area (Å²) in [5.41, 5.74) is 1.69. The SMILES string of the molecule is O=C(c1c[nH]c2nc(Cl)ccc12)N1CCC[C@@H]1c1ccccc1F. The molecule has 122 valence electrons. The Balaban J connectivity index is 1.71. The number of aromatic nitrogens is 2. The topological polar surface area (TPSA) is 49.0 Å². The third-order valence-corrected chi connectivity index (χ3v) is 4.72. The Hall–Kier alpha value is -2.40. The number of fused-ring (bicyclic) bond motifs is 1. The fourth-order valence-electron chi connectivity index (χ4n) is 3.39. The maximum Gasteiger partial charge on any atom is 0.256 e. The summed E-state index contributed by atoms with van der Waals surface area (Å²) in [6, 6.07) is 9.86. The van der Waals surface area contributed by atoms with Crippen molar-refractivity contribution >= 4 is 28.5 Å². The summed E-state index contributed by atoms with van der Waals surface area (Å²) in [7, 11) is 0. The predicted molar refractivity (Wildman–Crippen MR) is 90.5 cm³/mol. The zero-order valence-electron chi connectivity index (χ0n) is 12.8. The number of halogens is 2. The molecule has 4 rings (SSSR count). The number of carbonyl (C=O) groups excluding carboxylic acids is 1. The van der Waals surface area contributed by atoms with Crippen LogP contribution in [0.1, 0.15) is 34.8 Å². The molecule has 1 fully saturated rings. The number of hydrogen-bond donors (Lipinski definition) is 1. The van der Waals surface area contributed by atoms with E-state index in [0.29, 0.717) is 28.5 Å². The van der Waals surface area contributed by atoms with Crippen molar-refractivity contribution in [3.8, 4) is 0 Å². The van der Waals surface area contributed by atoms with Crippen LogP contribution in [0.15, 0.2) is 42.6 Å². The third-order valence-electron chi connectivity index (χ3n) is 4.51. The molecule has 4 nitrogen and oxygen atoms in total. The van der Waals surface area contributed by atoms with Gasteiger partial charge >= 0.3 is 0 Å². The van der Waals surface area contributed by atoms with Gasteiger partial charge in [-0.1, -0.05) is 29.8 Å². The van der Waals surface area contributed by atoms with Crippen LogP contribution < -0.4 is 0 Å². The number of hydrogen-bond acceptors (Lipinski definition) is 2. The minimum absolute atomic E-state index is 0.115. The van der Waals surface area contributed by atoms with Gasteiger partial charge in [-0.05, 0) is 31.0 Å². The maximum atomic E-state index is 14.1. The number of nitrogens with zero attached hydrogens (tertiary/aromatic N) is 2. The summed E-state index contributed by atoms with van der Waals surface area (Å²) in [6.07, 6.45) is 3.27. The van der Waals surface area contributed by atoms with Crippen molar-refractivity contribution < 1.29 is 9.18 Å². The van der Waals surface area contributed by atoms with Gasteiger partial charge in [-0.15, -0.1) is 0 Å². The molecular weight excluding hydrogens is 329 g/mol. The molecule has 1 N–H and O–H groups in total. The van der Waals surface area contributed by atoms with Gasteiger partial charge in [0.15, 0.2) is 0 Å². The number of pyridine rings is 1. The Morgan fingerprint density at radius 2 is 2.12 bits per heavy atom. The van der Waals surface area contributed by atoms with E-state index in [0.717, 1.165) is 18.2 Å². The summed E-state index contributed by atoms with van der Waals surface area (Å²) in [6.45, 7) is 0.617. The van der Waals surface area contributed by atoms with Crippen LogP contribution in [0.2, 0.25) is 5.15 Å². The summed E-state index contributed by atoms with van der Waals surface area (Å²) >= 11 is 5.89. The number of rotatable bonds is 2. The van der Waals surface area contributed by atoms with Crippen LogP contribution in [0.4, 0.5) is 4.39 Å². The number of aromatic amines is 1. The van der Waals surface area contributed by atoms with Gasteiger partial charge in [0.25, 0.3) is 5.91 Å². The van der Waals surface area contributed by atoms with E-state index in [2.05, 4.69) is 9.97 Å². The molecule has 1 amide bonds. The highest BCUT2D eigenvalue weighted by atomic mass is 35.5. The van der Waals surface area contributed by atoms with Gasteiger partial charge in [-0.3, -0.25) is 4.79 Å². The molecule has 1 atom stereocenters. The van der Waals surface area contributed by atoms with Crippen molar-refractivity contribution in [1.29, 1.82) is 0 Å². The van der Waals surface area contributed by atoms with E-state index < -0.39 is 0 Å². The molecule has 6 heteroatoms. The lowest BCUT2D eigenvalue weighted by atomic mass is 10.0. The largest absolute Gasteiger partial charge is 0.345 e. The van der Waals surface area contributed by atoms with E-state index in [1.54, 1.807) is 41.4 Å². The van der Waals surface area contributed by atoms with E-state index >= 15 is 0 Å².